The normalized spacial score (nSPS) is 17.8. The summed E-state index contributed by atoms with van der Waals surface area (Å²) < 4.78 is 5.55. The minimum atomic E-state index is 0.380. The van der Waals surface area contributed by atoms with Crippen LogP contribution in [0.25, 0.3) is 0 Å². The predicted octanol–water partition coefficient (Wildman–Crippen LogP) is 3.60. The van der Waals surface area contributed by atoms with Crippen LogP contribution in [0, 0.1) is 5.92 Å². The van der Waals surface area contributed by atoms with Crippen LogP contribution in [0.15, 0.2) is 18.2 Å². The molecule has 1 fully saturated rings. The van der Waals surface area contributed by atoms with Crippen molar-refractivity contribution in [3.8, 4) is 5.75 Å². The highest BCUT2D eigenvalue weighted by molar-refractivity contribution is 5.38. The molecule has 1 saturated carbocycles. The van der Waals surface area contributed by atoms with Gasteiger partial charge in [0.2, 0.25) is 0 Å². The van der Waals surface area contributed by atoms with E-state index in [-0.39, 0.29) is 0 Å². The van der Waals surface area contributed by atoms with Gasteiger partial charge in [-0.3, -0.25) is 4.90 Å². The third-order valence-electron chi connectivity index (χ3n) is 4.73. The first-order chi connectivity index (χ1) is 10.1. The molecule has 0 aliphatic heterocycles. The van der Waals surface area contributed by atoms with Crippen LogP contribution in [0.4, 0.5) is 0 Å². The first kappa shape index (κ1) is 16.3. The molecule has 0 aromatic heterocycles. The average Bonchev–Trinajstić information content (AvgIpc) is 3.31. The summed E-state index contributed by atoms with van der Waals surface area (Å²) in [5.41, 5.74) is 2.62. The van der Waals surface area contributed by atoms with E-state index in [4.69, 9.17) is 4.74 Å². The summed E-state index contributed by atoms with van der Waals surface area (Å²) in [5.74, 6) is 1.89. The number of ether oxygens (including phenoxy) is 1. The zero-order chi connectivity index (χ0) is 15.4. The van der Waals surface area contributed by atoms with Crippen molar-refractivity contribution in [1.29, 1.82) is 0 Å². The molecule has 21 heavy (non-hydrogen) atoms. The summed E-state index contributed by atoms with van der Waals surface area (Å²) in [6.45, 7) is 8.64. The van der Waals surface area contributed by atoms with Crippen molar-refractivity contribution in [3.05, 3.63) is 29.3 Å². The lowest BCUT2D eigenvalue weighted by Crippen LogP contribution is -2.30. The van der Waals surface area contributed by atoms with E-state index in [9.17, 15) is 0 Å². The Hall–Kier alpha value is -1.06. The van der Waals surface area contributed by atoms with Crippen LogP contribution in [0.5, 0.6) is 5.75 Å². The van der Waals surface area contributed by atoms with Crippen LogP contribution >= 0.6 is 0 Å². The SMILES string of the molecule is CCNC(C)c1ccc(OC)c(CN(C)C(C)C2CC2)c1. The Balaban J connectivity index is 2.13. The lowest BCUT2D eigenvalue weighted by molar-refractivity contribution is 0.223. The highest BCUT2D eigenvalue weighted by atomic mass is 16.5. The first-order valence-corrected chi connectivity index (χ1v) is 8.17. The Kier molecular flexibility index (Phi) is 5.65. The fourth-order valence-electron chi connectivity index (χ4n) is 2.97. The molecule has 1 aliphatic carbocycles. The standard InChI is InChI=1S/C18H30N2O/c1-6-19-13(2)16-9-10-18(21-5)17(11-16)12-20(4)14(3)15-7-8-15/h9-11,13-15,19H,6-8,12H2,1-5H3. The topological polar surface area (TPSA) is 24.5 Å². The summed E-state index contributed by atoms with van der Waals surface area (Å²) in [4.78, 5) is 2.46. The van der Waals surface area contributed by atoms with Crippen LogP contribution in [0.3, 0.4) is 0 Å². The van der Waals surface area contributed by atoms with Gasteiger partial charge in [-0.1, -0.05) is 13.0 Å². The molecule has 0 radical (unpaired) electrons. The first-order valence-electron chi connectivity index (χ1n) is 8.17. The van der Waals surface area contributed by atoms with E-state index >= 15 is 0 Å². The molecule has 118 valence electrons. The minimum Gasteiger partial charge on any atom is -0.496 e. The van der Waals surface area contributed by atoms with E-state index in [1.807, 2.05) is 0 Å². The van der Waals surface area contributed by atoms with Crippen LogP contribution in [0.2, 0.25) is 0 Å². The van der Waals surface area contributed by atoms with Gasteiger partial charge in [-0.15, -0.1) is 0 Å². The quantitative estimate of drug-likeness (QED) is 0.792. The molecule has 3 heteroatoms. The van der Waals surface area contributed by atoms with Crippen molar-refractivity contribution in [3.63, 3.8) is 0 Å². The van der Waals surface area contributed by atoms with E-state index in [1.165, 1.54) is 24.0 Å². The molecule has 0 bridgehead atoms. The summed E-state index contributed by atoms with van der Waals surface area (Å²) in [7, 11) is 3.99. The van der Waals surface area contributed by atoms with Gasteiger partial charge in [-0.2, -0.15) is 0 Å². The van der Waals surface area contributed by atoms with Gasteiger partial charge in [-0.25, -0.2) is 0 Å². The number of hydrogen-bond acceptors (Lipinski definition) is 3. The highest BCUT2D eigenvalue weighted by Gasteiger charge is 2.30. The Morgan fingerprint density at radius 3 is 2.62 bits per heavy atom. The minimum absolute atomic E-state index is 0.380. The fourth-order valence-corrected chi connectivity index (χ4v) is 2.97. The predicted molar refractivity (Wildman–Crippen MR) is 88.7 cm³/mol. The second kappa shape index (κ2) is 7.28. The third kappa shape index (κ3) is 4.21. The molecule has 3 nitrogen and oxygen atoms in total. The average molecular weight is 290 g/mol. The number of nitrogens with one attached hydrogen (secondary N) is 1. The number of hydrogen-bond donors (Lipinski definition) is 1. The van der Waals surface area contributed by atoms with Crippen molar-refractivity contribution < 1.29 is 4.74 Å². The van der Waals surface area contributed by atoms with Gasteiger partial charge in [-0.05, 0) is 63.9 Å². The maximum Gasteiger partial charge on any atom is 0.123 e. The van der Waals surface area contributed by atoms with Gasteiger partial charge in [0, 0.05) is 24.2 Å². The lowest BCUT2D eigenvalue weighted by Gasteiger charge is -2.26. The Bertz CT molecular complexity index is 457. The van der Waals surface area contributed by atoms with Crippen molar-refractivity contribution in [1.82, 2.24) is 10.2 Å². The van der Waals surface area contributed by atoms with E-state index in [1.54, 1.807) is 7.11 Å². The lowest BCUT2D eigenvalue weighted by atomic mass is 10.0. The van der Waals surface area contributed by atoms with Gasteiger partial charge in [0.05, 0.1) is 7.11 Å². The molecule has 1 N–H and O–H groups in total. The smallest absolute Gasteiger partial charge is 0.123 e. The van der Waals surface area contributed by atoms with E-state index < -0.39 is 0 Å². The van der Waals surface area contributed by atoms with Gasteiger partial charge in [0.1, 0.15) is 5.75 Å². The maximum atomic E-state index is 5.55. The molecule has 2 unspecified atom stereocenters. The second-order valence-electron chi connectivity index (χ2n) is 6.34. The van der Waals surface area contributed by atoms with Crippen LogP contribution < -0.4 is 10.1 Å². The summed E-state index contributed by atoms with van der Waals surface area (Å²) in [5, 5.41) is 3.48. The van der Waals surface area contributed by atoms with Gasteiger partial charge in [0.15, 0.2) is 0 Å². The van der Waals surface area contributed by atoms with Crippen molar-refractivity contribution >= 4 is 0 Å². The molecule has 1 aromatic carbocycles. The van der Waals surface area contributed by atoms with Gasteiger partial charge >= 0.3 is 0 Å². The largest absolute Gasteiger partial charge is 0.496 e. The molecular weight excluding hydrogens is 260 g/mol. The third-order valence-corrected chi connectivity index (χ3v) is 4.73. The molecule has 2 rings (SSSR count). The Morgan fingerprint density at radius 1 is 1.33 bits per heavy atom. The molecule has 0 saturated heterocycles. The molecular formula is C18H30N2O. The van der Waals surface area contributed by atoms with Crippen molar-refractivity contribution in [2.45, 2.75) is 52.2 Å². The van der Waals surface area contributed by atoms with E-state index in [2.05, 4.69) is 56.2 Å². The monoisotopic (exact) mass is 290 g/mol. The number of rotatable bonds is 8. The Morgan fingerprint density at radius 2 is 2.05 bits per heavy atom. The van der Waals surface area contributed by atoms with Gasteiger partial charge in [0.25, 0.3) is 0 Å². The zero-order valence-corrected chi connectivity index (χ0v) is 14.1. The number of benzene rings is 1. The molecule has 1 aromatic rings. The molecule has 2 atom stereocenters. The fraction of sp³-hybridized carbons (Fsp3) is 0.667. The second-order valence-corrected chi connectivity index (χ2v) is 6.34. The zero-order valence-electron chi connectivity index (χ0n) is 14.1. The molecule has 0 amide bonds. The summed E-state index contributed by atoms with van der Waals surface area (Å²) in [6, 6.07) is 7.60. The molecule has 0 spiro atoms. The van der Waals surface area contributed by atoms with Crippen molar-refractivity contribution in [2.75, 3.05) is 20.7 Å². The summed E-state index contributed by atoms with van der Waals surface area (Å²) in [6.07, 6.45) is 2.78. The molecule has 0 heterocycles. The van der Waals surface area contributed by atoms with Crippen LogP contribution in [-0.2, 0) is 6.54 Å². The van der Waals surface area contributed by atoms with Crippen LogP contribution in [0.1, 0.15) is 50.8 Å². The Labute approximate surface area is 129 Å². The van der Waals surface area contributed by atoms with E-state index in [0.29, 0.717) is 12.1 Å². The number of nitrogens with zero attached hydrogens (tertiary/aromatic N) is 1. The summed E-state index contributed by atoms with van der Waals surface area (Å²) >= 11 is 0. The van der Waals surface area contributed by atoms with Gasteiger partial charge < -0.3 is 10.1 Å². The molecule has 1 aliphatic rings. The highest BCUT2D eigenvalue weighted by Crippen LogP contribution is 2.35. The number of methoxy groups -OCH3 is 1. The van der Waals surface area contributed by atoms with Crippen molar-refractivity contribution in [2.24, 2.45) is 5.92 Å². The maximum absolute atomic E-state index is 5.55. The van der Waals surface area contributed by atoms with E-state index in [0.717, 1.165) is 24.8 Å². The van der Waals surface area contributed by atoms with Crippen LogP contribution in [-0.4, -0.2) is 31.6 Å².